The Morgan fingerprint density at radius 1 is 1.37 bits per heavy atom. The van der Waals surface area contributed by atoms with E-state index in [4.69, 9.17) is 16.3 Å². The van der Waals surface area contributed by atoms with Crippen LogP contribution in [0.5, 0.6) is 5.75 Å². The van der Waals surface area contributed by atoms with E-state index in [1.165, 1.54) is 0 Å². The molecule has 104 valence electrons. The van der Waals surface area contributed by atoms with Crippen molar-refractivity contribution < 1.29 is 9.53 Å². The number of carbonyl (C=O) groups excluding carboxylic acids is 1. The molecule has 0 radical (unpaired) electrons. The average Bonchev–Trinajstić information content (AvgIpc) is 2.33. The summed E-state index contributed by atoms with van der Waals surface area (Å²) in [6.45, 7) is 6.23. The third-order valence-corrected chi connectivity index (χ3v) is 4.05. The second kappa shape index (κ2) is 5.96. The summed E-state index contributed by atoms with van der Waals surface area (Å²) in [4.78, 5) is 11.5. The molecule has 1 unspecified atom stereocenters. The van der Waals surface area contributed by atoms with Crippen LogP contribution in [0.25, 0.3) is 0 Å². The summed E-state index contributed by atoms with van der Waals surface area (Å²) in [5, 5.41) is 0.774. The molecule has 2 nitrogen and oxygen atoms in total. The van der Waals surface area contributed by atoms with Crippen molar-refractivity contribution in [3.8, 4) is 5.75 Å². The standard InChI is InChI=1S/C16H21ClO2/c1-10(2)14-9-15(17)11(3)7-16(14)19-13-6-4-5-12(18)8-13/h7,9-10,13H,4-6,8H2,1-3H3. The van der Waals surface area contributed by atoms with Gasteiger partial charge in [0.15, 0.2) is 0 Å². The van der Waals surface area contributed by atoms with E-state index >= 15 is 0 Å². The third-order valence-electron chi connectivity index (χ3n) is 3.64. The lowest BCUT2D eigenvalue weighted by atomic mass is 9.95. The molecule has 0 heterocycles. The molecule has 19 heavy (non-hydrogen) atoms. The van der Waals surface area contributed by atoms with Crippen LogP contribution in [0.1, 0.15) is 56.6 Å². The highest BCUT2D eigenvalue weighted by Gasteiger charge is 2.22. The predicted molar refractivity (Wildman–Crippen MR) is 78.2 cm³/mol. The van der Waals surface area contributed by atoms with E-state index in [1.807, 2.05) is 19.1 Å². The topological polar surface area (TPSA) is 26.3 Å². The Morgan fingerprint density at radius 2 is 2.11 bits per heavy atom. The first-order valence-corrected chi connectivity index (χ1v) is 7.33. The number of carbonyl (C=O) groups is 1. The summed E-state index contributed by atoms with van der Waals surface area (Å²) >= 11 is 6.19. The summed E-state index contributed by atoms with van der Waals surface area (Å²) in [5.74, 6) is 1.55. The van der Waals surface area contributed by atoms with E-state index in [0.29, 0.717) is 24.5 Å². The zero-order chi connectivity index (χ0) is 14.0. The molecule has 0 saturated heterocycles. The summed E-state index contributed by atoms with van der Waals surface area (Å²) < 4.78 is 6.07. The molecule has 0 amide bonds. The van der Waals surface area contributed by atoms with Crippen molar-refractivity contribution in [1.82, 2.24) is 0 Å². The predicted octanol–water partition coefficient (Wildman–Crippen LogP) is 4.66. The Kier molecular flexibility index (Phi) is 4.51. The highest BCUT2D eigenvalue weighted by atomic mass is 35.5. The van der Waals surface area contributed by atoms with Gasteiger partial charge in [-0.2, -0.15) is 0 Å². The van der Waals surface area contributed by atoms with Crippen molar-refractivity contribution in [3.05, 3.63) is 28.3 Å². The minimum atomic E-state index is 0.0272. The van der Waals surface area contributed by atoms with Crippen molar-refractivity contribution in [2.24, 2.45) is 0 Å². The third kappa shape index (κ3) is 3.50. The highest BCUT2D eigenvalue weighted by Crippen LogP contribution is 2.34. The van der Waals surface area contributed by atoms with E-state index in [-0.39, 0.29) is 6.10 Å². The first-order chi connectivity index (χ1) is 8.97. The SMILES string of the molecule is Cc1cc(OC2CCCC(=O)C2)c(C(C)C)cc1Cl. The molecule has 1 aliphatic rings. The van der Waals surface area contributed by atoms with Crippen LogP contribution in [-0.4, -0.2) is 11.9 Å². The maximum atomic E-state index is 11.5. The number of rotatable bonds is 3. The van der Waals surface area contributed by atoms with Gasteiger partial charge in [-0.05, 0) is 48.9 Å². The van der Waals surface area contributed by atoms with Crippen LogP contribution in [0, 0.1) is 6.92 Å². The molecule has 0 spiro atoms. The van der Waals surface area contributed by atoms with Gasteiger partial charge in [0.2, 0.25) is 0 Å². The number of ketones is 1. The van der Waals surface area contributed by atoms with Crippen molar-refractivity contribution in [2.75, 3.05) is 0 Å². The van der Waals surface area contributed by atoms with Gasteiger partial charge in [0.1, 0.15) is 17.6 Å². The first kappa shape index (κ1) is 14.4. The Hall–Kier alpha value is -1.02. The van der Waals surface area contributed by atoms with Crippen molar-refractivity contribution >= 4 is 17.4 Å². The lowest BCUT2D eigenvalue weighted by Gasteiger charge is -2.25. The van der Waals surface area contributed by atoms with E-state index in [2.05, 4.69) is 13.8 Å². The molecular formula is C16H21ClO2. The Labute approximate surface area is 120 Å². The second-order valence-electron chi connectivity index (χ2n) is 5.67. The Morgan fingerprint density at radius 3 is 2.74 bits per heavy atom. The van der Waals surface area contributed by atoms with E-state index in [0.717, 1.165) is 34.7 Å². The first-order valence-electron chi connectivity index (χ1n) is 6.95. The lowest BCUT2D eigenvalue weighted by molar-refractivity contribution is -0.122. The molecule has 1 saturated carbocycles. The van der Waals surface area contributed by atoms with Crippen LogP contribution in [-0.2, 0) is 4.79 Å². The zero-order valence-electron chi connectivity index (χ0n) is 11.8. The summed E-state index contributed by atoms with van der Waals surface area (Å²) in [7, 11) is 0. The Bertz CT molecular complexity index is 480. The van der Waals surface area contributed by atoms with Gasteiger partial charge in [-0.1, -0.05) is 25.4 Å². The van der Waals surface area contributed by atoms with Crippen LogP contribution < -0.4 is 4.74 Å². The lowest BCUT2D eigenvalue weighted by Crippen LogP contribution is -2.25. The molecule has 2 rings (SSSR count). The number of ether oxygens (including phenoxy) is 1. The van der Waals surface area contributed by atoms with Crippen LogP contribution in [0.15, 0.2) is 12.1 Å². The minimum Gasteiger partial charge on any atom is -0.490 e. The van der Waals surface area contributed by atoms with Crippen molar-refractivity contribution in [1.29, 1.82) is 0 Å². The molecule has 0 aliphatic heterocycles. The number of hydrogen-bond donors (Lipinski definition) is 0. The average molecular weight is 281 g/mol. The molecule has 1 atom stereocenters. The van der Waals surface area contributed by atoms with E-state index in [1.54, 1.807) is 0 Å². The largest absolute Gasteiger partial charge is 0.490 e. The number of hydrogen-bond acceptors (Lipinski definition) is 2. The molecule has 0 aromatic heterocycles. The van der Waals surface area contributed by atoms with E-state index < -0.39 is 0 Å². The van der Waals surface area contributed by atoms with Gasteiger partial charge in [-0.25, -0.2) is 0 Å². The molecule has 1 fully saturated rings. The van der Waals surface area contributed by atoms with Gasteiger partial charge >= 0.3 is 0 Å². The fourth-order valence-electron chi connectivity index (χ4n) is 2.49. The quantitative estimate of drug-likeness (QED) is 0.805. The van der Waals surface area contributed by atoms with Crippen LogP contribution in [0.4, 0.5) is 0 Å². The minimum absolute atomic E-state index is 0.0272. The maximum absolute atomic E-state index is 11.5. The molecule has 1 aromatic carbocycles. The van der Waals surface area contributed by atoms with Gasteiger partial charge in [-0.3, -0.25) is 4.79 Å². The van der Waals surface area contributed by atoms with Crippen molar-refractivity contribution in [3.63, 3.8) is 0 Å². The summed E-state index contributed by atoms with van der Waals surface area (Å²) in [6.07, 6.45) is 3.17. The molecule has 0 bridgehead atoms. The summed E-state index contributed by atoms with van der Waals surface area (Å²) in [5.41, 5.74) is 2.14. The van der Waals surface area contributed by atoms with Gasteiger partial charge in [0.25, 0.3) is 0 Å². The second-order valence-corrected chi connectivity index (χ2v) is 6.08. The fraction of sp³-hybridized carbons (Fsp3) is 0.562. The van der Waals surface area contributed by atoms with Crippen molar-refractivity contribution in [2.45, 2.75) is 58.5 Å². The monoisotopic (exact) mass is 280 g/mol. The van der Waals surface area contributed by atoms with Gasteiger partial charge in [0.05, 0.1) is 0 Å². The van der Waals surface area contributed by atoms with Crippen LogP contribution >= 0.6 is 11.6 Å². The van der Waals surface area contributed by atoms with E-state index in [9.17, 15) is 4.79 Å². The van der Waals surface area contributed by atoms with Crippen LogP contribution in [0.3, 0.4) is 0 Å². The van der Waals surface area contributed by atoms with Gasteiger partial charge < -0.3 is 4.74 Å². The fourth-order valence-corrected chi connectivity index (χ4v) is 2.66. The number of benzene rings is 1. The summed E-state index contributed by atoms with van der Waals surface area (Å²) in [6, 6.07) is 3.98. The maximum Gasteiger partial charge on any atom is 0.136 e. The molecule has 1 aliphatic carbocycles. The smallest absolute Gasteiger partial charge is 0.136 e. The molecule has 1 aromatic rings. The number of Topliss-reactive ketones (excluding diaryl/α,β-unsaturated/α-hetero) is 1. The number of halogens is 1. The number of aryl methyl sites for hydroxylation is 1. The highest BCUT2D eigenvalue weighted by molar-refractivity contribution is 6.31. The normalized spacial score (nSPS) is 19.8. The molecule has 3 heteroatoms. The molecule has 0 N–H and O–H groups in total. The molecular weight excluding hydrogens is 260 g/mol. The Balaban J connectivity index is 2.23. The van der Waals surface area contributed by atoms with Gasteiger partial charge in [0, 0.05) is 17.9 Å². The zero-order valence-corrected chi connectivity index (χ0v) is 12.6. The van der Waals surface area contributed by atoms with Gasteiger partial charge in [-0.15, -0.1) is 0 Å². The van der Waals surface area contributed by atoms with Crippen LogP contribution in [0.2, 0.25) is 5.02 Å².